The molecule has 114 valence electrons. The Hall–Kier alpha value is -1.80. The standard InChI is InChI=1S/C13H17N3O4S/c1-16-11-7-6-10(8-12(11)20-13(16)17)15-21(18,19)14-9-4-2-3-5-9/h6-9,14-15H,2-5H2,1H3. The summed E-state index contributed by atoms with van der Waals surface area (Å²) in [7, 11) is -2.02. The molecule has 1 aromatic carbocycles. The van der Waals surface area contributed by atoms with E-state index in [0.717, 1.165) is 25.7 Å². The van der Waals surface area contributed by atoms with Gasteiger partial charge in [0.15, 0.2) is 5.58 Å². The number of aromatic nitrogens is 1. The van der Waals surface area contributed by atoms with Gasteiger partial charge in [0, 0.05) is 19.2 Å². The SMILES string of the molecule is Cn1c(=O)oc2cc(NS(=O)(=O)NC3CCCC3)ccc21. The Balaban J connectivity index is 1.82. The molecule has 1 saturated carbocycles. The maximum atomic E-state index is 12.0. The van der Waals surface area contributed by atoms with E-state index in [1.54, 1.807) is 19.2 Å². The van der Waals surface area contributed by atoms with Gasteiger partial charge in [-0.3, -0.25) is 9.29 Å². The van der Waals surface area contributed by atoms with Crippen molar-refractivity contribution in [3.63, 3.8) is 0 Å². The third-order valence-corrected chi connectivity index (χ3v) is 4.87. The molecule has 2 N–H and O–H groups in total. The fraction of sp³-hybridized carbons (Fsp3) is 0.462. The van der Waals surface area contributed by atoms with Crippen molar-refractivity contribution in [3.05, 3.63) is 28.7 Å². The van der Waals surface area contributed by atoms with E-state index in [9.17, 15) is 13.2 Å². The lowest BCUT2D eigenvalue weighted by atomic mass is 10.3. The summed E-state index contributed by atoms with van der Waals surface area (Å²) in [5, 5.41) is 0. The Labute approximate surface area is 122 Å². The van der Waals surface area contributed by atoms with E-state index in [2.05, 4.69) is 9.44 Å². The second-order valence-corrected chi connectivity index (χ2v) is 6.76. The molecule has 7 nitrogen and oxygen atoms in total. The minimum Gasteiger partial charge on any atom is -0.408 e. The van der Waals surface area contributed by atoms with Crippen LogP contribution in [0.25, 0.3) is 11.1 Å². The molecule has 0 aliphatic heterocycles. The van der Waals surface area contributed by atoms with Crippen molar-refractivity contribution in [3.8, 4) is 0 Å². The number of aryl methyl sites for hydroxylation is 1. The number of rotatable bonds is 4. The van der Waals surface area contributed by atoms with Crippen LogP contribution in [-0.4, -0.2) is 19.0 Å². The van der Waals surface area contributed by atoms with E-state index in [1.807, 2.05) is 0 Å². The fourth-order valence-corrected chi connectivity index (χ4v) is 3.82. The van der Waals surface area contributed by atoms with Crippen LogP contribution in [0.15, 0.2) is 27.4 Å². The highest BCUT2D eigenvalue weighted by Crippen LogP contribution is 2.21. The van der Waals surface area contributed by atoms with Gasteiger partial charge in [0.25, 0.3) is 10.2 Å². The molecule has 3 rings (SSSR count). The molecular weight excluding hydrogens is 294 g/mol. The van der Waals surface area contributed by atoms with Gasteiger partial charge in [0.05, 0.1) is 11.2 Å². The van der Waals surface area contributed by atoms with E-state index < -0.39 is 16.0 Å². The molecule has 0 spiro atoms. The van der Waals surface area contributed by atoms with Crippen LogP contribution >= 0.6 is 0 Å². The fourth-order valence-electron chi connectivity index (χ4n) is 2.65. The molecule has 1 aliphatic rings. The molecule has 0 amide bonds. The number of hydrogen-bond acceptors (Lipinski definition) is 4. The van der Waals surface area contributed by atoms with Crippen molar-refractivity contribution >= 4 is 27.0 Å². The van der Waals surface area contributed by atoms with Gasteiger partial charge in [-0.1, -0.05) is 12.8 Å². The topological polar surface area (TPSA) is 93.3 Å². The Kier molecular flexibility index (Phi) is 3.50. The number of benzene rings is 1. The number of nitrogens with zero attached hydrogens (tertiary/aromatic N) is 1. The number of nitrogens with one attached hydrogen (secondary N) is 2. The predicted molar refractivity (Wildman–Crippen MR) is 79.4 cm³/mol. The summed E-state index contributed by atoms with van der Waals surface area (Å²) in [4.78, 5) is 11.4. The maximum Gasteiger partial charge on any atom is 0.419 e. The molecule has 0 atom stereocenters. The third-order valence-electron chi connectivity index (χ3n) is 3.72. The molecule has 21 heavy (non-hydrogen) atoms. The van der Waals surface area contributed by atoms with E-state index >= 15 is 0 Å². The van der Waals surface area contributed by atoms with Crippen LogP contribution in [-0.2, 0) is 17.3 Å². The first-order chi connectivity index (χ1) is 9.94. The normalized spacial score (nSPS) is 16.6. The van der Waals surface area contributed by atoms with Crippen molar-refractivity contribution in [2.24, 2.45) is 7.05 Å². The quantitative estimate of drug-likeness (QED) is 0.890. The van der Waals surface area contributed by atoms with E-state index in [-0.39, 0.29) is 6.04 Å². The van der Waals surface area contributed by atoms with Crippen molar-refractivity contribution in [1.29, 1.82) is 0 Å². The molecule has 0 saturated heterocycles. The number of hydrogen-bond donors (Lipinski definition) is 2. The van der Waals surface area contributed by atoms with Crippen LogP contribution in [0, 0.1) is 0 Å². The van der Waals surface area contributed by atoms with Crippen molar-refractivity contribution in [1.82, 2.24) is 9.29 Å². The van der Waals surface area contributed by atoms with Crippen LogP contribution in [0.4, 0.5) is 5.69 Å². The summed E-state index contributed by atoms with van der Waals surface area (Å²) < 4.78 is 35.6. The molecule has 8 heteroatoms. The third kappa shape index (κ3) is 2.96. The van der Waals surface area contributed by atoms with E-state index in [1.165, 1.54) is 10.6 Å². The van der Waals surface area contributed by atoms with E-state index in [4.69, 9.17) is 4.42 Å². The first-order valence-electron chi connectivity index (χ1n) is 6.84. The molecule has 1 fully saturated rings. The molecule has 0 bridgehead atoms. The summed E-state index contributed by atoms with van der Waals surface area (Å²) in [6.45, 7) is 0. The Morgan fingerprint density at radius 2 is 2.00 bits per heavy atom. The zero-order valence-corrected chi connectivity index (χ0v) is 12.4. The van der Waals surface area contributed by atoms with E-state index in [0.29, 0.717) is 16.8 Å². The first-order valence-corrected chi connectivity index (χ1v) is 8.32. The molecular formula is C13H17N3O4S. The number of oxazole rings is 1. The second-order valence-electron chi connectivity index (χ2n) is 5.31. The zero-order chi connectivity index (χ0) is 15.0. The summed E-state index contributed by atoms with van der Waals surface area (Å²) in [6.07, 6.45) is 3.84. The highest BCUT2D eigenvalue weighted by molar-refractivity contribution is 7.90. The smallest absolute Gasteiger partial charge is 0.408 e. The largest absolute Gasteiger partial charge is 0.419 e. The van der Waals surface area contributed by atoms with Crippen LogP contribution in [0.5, 0.6) is 0 Å². The summed E-state index contributed by atoms with van der Waals surface area (Å²) in [6, 6.07) is 4.75. The van der Waals surface area contributed by atoms with Crippen LogP contribution in [0.1, 0.15) is 25.7 Å². The molecule has 2 aromatic rings. The van der Waals surface area contributed by atoms with Gasteiger partial charge < -0.3 is 4.42 Å². The van der Waals surface area contributed by atoms with Gasteiger partial charge >= 0.3 is 5.76 Å². The van der Waals surface area contributed by atoms with Crippen molar-refractivity contribution < 1.29 is 12.8 Å². The van der Waals surface area contributed by atoms with Crippen molar-refractivity contribution in [2.45, 2.75) is 31.7 Å². The number of anilines is 1. The Morgan fingerprint density at radius 3 is 2.71 bits per heavy atom. The number of fused-ring (bicyclic) bond motifs is 1. The van der Waals surface area contributed by atoms with Gasteiger partial charge in [0.2, 0.25) is 0 Å². The van der Waals surface area contributed by atoms with Gasteiger partial charge in [-0.15, -0.1) is 0 Å². The Morgan fingerprint density at radius 1 is 1.29 bits per heavy atom. The highest BCUT2D eigenvalue weighted by Gasteiger charge is 2.21. The minimum absolute atomic E-state index is 0.000823. The molecule has 0 radical (unpaired) electrons. The zero-order valence-electron chi connectivity index (χ0n) is 11.6. The lowest BCUT2D eigenvalue weighted by Gasteiger charge is -2.13. The molecule has 1 aromatic heterocycles. The van der Waals surface area contributed by atoms with Gasteiger partial charge in [-0.25, -0.2) is 4.79 Å². The lowest BCUT2D eigenvalue weighted by Crippen LogP contribution is -2.37. The molecule has 0 unspecified atom stereocenters. The highest BCUT2D eigenvalue weighted by atomic mass is 32.2. The summed E-state index contributed by atoms with van der Waals surface area (Å²) in [5.41, 5.74) is 1.33. The monoisotopic (exact) mass is 311 g/mol. The Bertz CT molecular complexity index is 816. The molecule has 1 heterocycles. The molecule has 1 aliphatic carbocycles. The first kappa shape index (κ1) is 14.2. The summed E-state index contributed by atoms with van der Waals surface area (Å²) in [5.74, 6) is -0.478. The predicted octanol–water partition coefficient (Wildman–Crippen LogP) is 1.32. The lowest BCUT2D eigenvalue weighted by molar-refractivity contribution is 0.528. The average Bonchev–Trinajstić information content (AvgIpc) is 2.98. The van der Waals surface area contributed by atoms with Gasteiger partial charge in [-0.2, -0.15) is 13.1 Å². The van der Waals surface area contributed by atoms with Gasteiger partial charge in [0.1, 0.15) is 0 Å². The minimum atomic E-state index is -3.62. The average molecular weight is 311 g/mol. The van der Waals surface area contributed by atoms with Crippen LogP contribution in [0.3, 0.4) is 0 Å². The second kappa shape index (κ2) is 5.19. The van der Waals surface area contributed by atoms with Crippen LogP contribution < -0.4 is 15.2 Å². The van der Waals surface area contributed by atoms with Crippen LogP contribution in [0.2, 0.25) is 0 Å². The summed E-state index contributed by atoms with van der Waals surface area (Å²) >= 11 is 0. The maximum absolute atomic E-state index is 12.0. The van der Waals surface area contributed by atoms with Gasteiger partial charge in [-0.05, 0) is 25.0 Å². The van der Waals surface area contributed by atoms with Crippen molar-refractivity contribution in [2.75, 3.05) is 4.72 Å².